The quantitative estimate of drug-likeness (QED) is 0.0150. The van der Waals surface area contributed by atoms with E-state index in [9.17, 15) is 17.3 Å². The van der Waals surface area contributed by atoms with E-state index in [1.807, 2.05) is 72.8 Å². The standard InChI is InChI=1S/C88H118O36P2.C7H8.BF4.Rh/c1-89-45-59-65-71(93-5)77(99-11)83(107-59)114-66-60(46-90-2)109-85(79(101-13)72(66)94-6)117-69-63(49-105-55-41-29-31-43-57(55)123-125(119-51-33-21-17-22-34-51)120-52-35-23-18-24-36-52)112-88(82(104-16)75(69)97-9)116-68-62(48-92-4)110-86(80(102-14)74(68)96-8)118-70-64(111-87(81(103-15)76(70)98-10)115-67-61(47-91-3)108-84(113-65)78(100-12)73(67)95-7)50-106-56-42-30-32-44-58(56)124-126(121-53-37-25-19-26-38-53)122-54-39-27-20-28-40-54;1-2-7-4-3-6(1)5-7;2-1(3,4)5;/h17-44,59-88H,45-50H2,1-16H3;1-4,6-7H,5H2;;/q;;-1;/t59-,60-,61-,62-,63-,64-,65-,66-,67-,68-,69-,70-,71+,72+,73+,74+,75+,76+,77-,78-,79-,80-,81-,82-,83-,84-,85-,86-,87-,88-;;;/m1.../s1. The molecule has 0 N–H and O–H groups in total. The molecule has 6 aromatic carbocycles. The summed E-state index contributed by atoms with van der Waals surface area (Å²) in [6.45, 7) is -1.01. The van der Waals surface area contributed by atoms with Gasteiger partial charge in [-0.05, 0) is 91.1 Å². The van der Waals surface area contributed by atoms with Crippen molar-refractivity contribution in [3.05, 3.63) is 194 Å². The SMILES string of the molecule is C1=CC2C=CC1C2.COC[C@H]1O[C@@H]2O[C@H]3[C@H](OC)[C@@H](OC)[C@@H](O[C@H]4[C@H](OC)[C@@H](OC)[C@@H](O[C@H]5[C@H](OC)[C@@H](OC)[C@@H](O[C@H]6[C@H](OC)[C@@H](OC)[C@@H](O[C@H]7[C@H](OC)[C@@H](OC)[C@@H](O[C@H]1[C@H](OC)[C@H]2OC)O[C@@H]7COC)O[C@@H]6COc1ccccc1OP(Oc1ccccc1)Oc1ccccc1)O[C@@H]5COC)O[C@@H]4COc1ccccc1OP(Oc1ccccc1)Oc1ccccc1)O[C@@H]3COC.F[B-](F)(F)F.[Rh]. The van der Waals surface area contributed by atoms with E-state index in [-0.39, 0.29) is 82.1 Å². The molecule has 1 radical (unpaired) electrons. The Kier molecular flexibility index (Phi) is 44.4. The van der Waals surface area contributed by atoms with Crippen molar-refractivity contribution in [2.45, 2.75) is 191 Å². The minimum Gasteiger partial charge on any atom is -0.487 e. The molecule has 36 nitrogen and oxygen atoms in total. The summed E-state index contributed by atoms with van der Waals surface area (Å²) >= 11 is 0. The number of hydrogen-bond donors (Lipinski definition) is 0. The maximum absolute atomic E-state index is 9.75. The topological polar surface area (TPSA) is 332 Å². The first kappa shape index (κ1) is 111. The Labute approximate surface area is 822 Å². The van der Waals surface area contributed by atoms with E-state index in [0.29, 0.717) is 23.0 Å². The van der Waals surface area contributed by atoms with Crippen molar-refractivity contribution in [3.63, 3.8) is 0 Å². The first-order valence-electron chi connectivity index (χ1n) is 44.9. The van der Waals surface area contributed by atoms with E-state index in [2.05, 4.69) is 24.3 Å². The van der Waals surface area contributed by atoms with Crippen LogP contribution >= 0.6 is 17.2 Å². The average Bonchev–Trinajstić information content (AvgIpc) is 1.04. The fraction of sp³-hybridized carbons (Fsp3) is 0.579. The van der Waals surface area contributed by atoms with Gasteiger partial charge in [-0.25, -0.2) is 0 Å². The van der Waals surface area contributed by atoms with Crippen molar-refractivity contribution < 1.29 is 206 Å². The minimum absolute atomic E-state index is 0. The molecule has 0 amide bonds. The molecule has 30 rings (SSSR count). The third-order valence-corrected chi connectivity index (χ3v) is 26.3. The summed E-state index contributed by atoms with van der Waals surface area (Å²) in [6.07, 6.45) is -24.1. The van der Waals surface area contributed by atoms with Crippen LogP contribution in [0.5, 0.6) is 46.0 Å². The Morgan fingerprint density at radius 1 is 0.237 bits per heavy atom. The van der Waals surface area contributed by atoms with E-state index in [1.165, 1.54) is 120 Å². The predicted molar refractivity (Wildman–Crippen MR) is 486 cm³/mol. The monoisotopic (exact) mass is 2090 g/mol. The van der Waals surface area contributed by atoms with Crippen molar-refractivity contribution in [2.75, 3.05) is 153 Å². The third kappa shape index (κ3) is 29.0. The second-order valence-electron chi connectivity index (χ2n) is 32.7. The fourth-order valence-electron chi connectivity index (χ4n) is 17.9. The third-order valence-electron chi connectivity index (χ3n) is 24.2. The molecule has 0 unspecified atom stereocenters. The molecule has 24 aliphatic rings. The summed E-state index contributed by atoms with van der Waals surface area (Å²) < 4.78 is 280. The molecule has 22 fully saturated rings. The summed E-state index contributed by atoms with van der Waals surface area (Å²) in [5.74, 6) is 4.58. The number of benzene rings is 6. The van der Waals surface area contributed by atoms with Crippen LogP contribution in [0.15, 0.2) is 194 Å². The van der Waals surface area contributed by atoms with Crippen LogP contribution in [0.25, 0.3) is 0 Å². The van der Waals surface area contributed by atoms with Crippen molar-refractivity contribution in [1.29, 1.82) is 0 Å². The van der Waals surface area contributed by atoms with E-state index in [0.717, 1.165) is 11.8 Å². The number of allylic oxidation sites excluding steroid dienone is 4. The van der Waals surface area contributed by atoms with Crippen LogP contribution in [-0.4, -0.2) is 345 Å². The van der Waals surface area contributed by atoms with Crippen molar-refractivity contribution in [3.8, 4) is 46.0 Å². The molecule has 2 aliphatic carbocycles. The number of hydrogen-bond acceptors (Lipinski definition) is 36. The van der Waals surface area contributed by atoms with Crippen LogP contribution < -0.4 is 36.6 Å². The molecule has 0 aromatic heterocycles. The Hall–Kier alpha value is -6.65. The Morgan fingerprint density at radius 3 is 0.590 bits per heavy atom. The number of methoxy groups -OCH3 is 16. The first-order chi connectivity index (χ1) is 67.2. The van der Waals surface area contributed by atoms with E-state index in [1.54, 1.807) is 97.1 Å². The summed E-state index contributed by atoms with van der Waals surface area (Å²) in [4.78, 5) is 0. The second-order valence-corrected chi connectivity index (χ2v) is 34.7. The summed E-state index contributed by atoms with van der Waals surface area (Å²) in [6, 6.07) is 50.7. The van der Waals surface area contributed by atoms with Crippen LogP contribution in [0.2, 0.25) is 0 Å². The van der Waals surface area contributed by atoms with Gasteiger partial charge in [0.2, 0.25) is 0 Å². The number of halogens is 4. The van der Waals surface area contributed by atoms with Gasteiger partial charge in [0.25, 0.3) is 0 Å². The molecule has 0 spiro atoms. The molecule has 14 bridgehead atoms. The van der Waals surface area contributed by atoms with E-state index >= 15 is 0 Å². The molecule has 6 aromatic rings. The average molecular weight is 2100 g/mol. The van der Waals surface area contributed by atoms with Gasteiger partial charge in [-0.15, -0.1) is 0 Å². The van der Waals surface area contributed by atoms with Gasteiger partial charge in [0.15, 0.2) is 60.7 Å². The molecule has 22 aliphatic heterocycles. The molecule has 44 heteroatoms. The Balaban J connectivity index is 0.00000124. The smallest absolute Gasteiger partial charge is 0.487 e. The minimum atomic E-state index is -6.00. The fourth-order valence-corrected chi connectivity index (χ4v) is 19.9. The Bertz CT molecular complexity index is 4290. The summed E-state index contributed by atoms with van der Waals surface area (Å²) in [7, 11) is 13.6. The maximum Gasteiger partial charge on any atom is 0.673 e. The van der Waals surface area contributed by atoms with Crippen molar-refractivity contribution in [1.82, 2.24) is 0 Å². The van der Waals surface area contributed by atoms with Crippen molar-refractivity contribution in [2.24, 2.45) is 11.8 Å². The van der Waals surface area contributed by atoms with Crippen LogP contribution in [0.4, 0.5) is 17.3 Å². The van der Waals surface area contributed by atoms with Crippen LogP contribution in [0.3, 0.4) is 0 Å². The van der Waals surface area contributed by atoms with Gasteiger partial charge in [-0.2, -0.15) is 0 Å². The number of ether oxygens (including phenoxy) is 30. The van der Waals surface area contributed by atoms with Crippen LogP contribution in [-0.2, 0) is 152 Å². The number of para-hydroxylation sites is 8. The van der Waals surface area contributed by atoms with Gasteiger partial charge < -0.3 is 187 Å². The summed E-state index contributed by atoms with van der Waals surface area (Å²) in [5, 5.41) is 0. The largest absolute Gasteiger partial charge is 0.673 e. The van der Waals surface area contributed by atoms with E-state index < -0.39 is 209 Å². The molecule has 773 valence electrons. The molecule has 139 heavy (non-hydrogen) atoms. The van der Waals surface area contributed by atoms with E-state index in [4.69, 9.17) is 169 Å². The summed E-state index contributed by atoms with van der Waals surface area (Å²) in [5.41, 5.74) is 0. The zero-order valence-electron chi connectivity index (χ0n) is 79.9. The molecular formula is C95H126BF4O36P2Rh-. The predicted octanol–water partition coefficient (Wildman–Crippen LogP) is 12.2. The first-order valence-corrected chi connectivity index (χ1v) is 47.1. The zero-order valence-corrected chi connectivity index (χ0v) is 83.3. The van der Waals surface area contributed by atoms with Gasteiger partial charge in [0.1, 0.15) is 183 Å². The normalized spacial score (nSPS) is 33.7. The zero-order chi connectivity index (χ0) is 97.8. The van der Waals surface area contributed by atoms with Crippen molar-refractivity contribution >= 4 is 24.5 Å². The molecule has 22 saturated heterocycles. The van der Waals surface area contributed by atoms with Gasteiger partial charge in [0, 0.05) is 133 Å². The number of fused-ring (bicyclic) bond motifs is 2. The van der Waals surface area contributed by atoms with Gasteiger partial charge in [-0.1, -0.05) is 121 Å². The molecule has 30 atom stereocenters. The maximum atomic E-state index is 9.75. The van der Waals surface area contributed by atoms with Gasteiger partial charge >= 0.3 is 24.5 Å². The molecule has 0 saturated carbocycles. The molecular weight excluding hydrogens is 1970 g/mol. The van der Waals surface area contributed by atoms with Crippen LogP contribution in [0.1, 0.15) is 6.42 Å². The van der Waals surface area contributed by atoms with Crippen LogP contribution in [0, 0.1) is 11.8 Å². The van der Waals surface area contributed by atoms with Gasteiger partial charge in [0.05, 0.1) is 26.4 Å². The number of rotatable bonds is 38. The Morgan fingerprint density at radius 2 is 0.417 bits per heavy atom. The van der Waals surface area contributed by atoms with Gasteiger partial charge in [-0.3, -0.25) is 0 Å². The second kappa shape index (κ2) is 55.6. The molecule has 22 heterocycles.